The monoisotopic (exact) mass is 428 g/mol. The number of fused-ring (bicyclic) bond motifs is 1. The first-order valence-corrected chi connectivity index (χ1v) is 9.35. The lowest BCUT2D eigenvalue weighted by molar-refractivity contribution is -0.138. The zero-order valence-electron chi connectivity index (χ0n) is 16.1. The Morgan fingerprint density at radius 2 is 1.77 bits per heavy atom. The summed E-state index contributed by atoms with van der Waals surface area (Å²) in [6.07, 6.45) is -2.64. The number of carbonyl (C=O) groups excluding carboxylic acids is 1. The average molecular weight is 428 g/mol. The molecule has 3 aromatic carbocycles. The molecule has 3 nitrogen and oxygen atoms in total. The van der Waals surface area contributed by atoms with Crippen LogP contribution in [0.1, 0.15) is 16.7 Å². The molecule has 0 unspecified atom stereocenters. The molecular weight excluding hydrogens is 412 g/mol. The van der Waals surface area contributed by atoms with Crippen LogP contribution in [0.25, 0.3) is 17.2 Å². The molecule has 1 heterocycles. The van der Waals surface area contributed by atoms with Crippen molar-refractivity contribution in [1.29, 1.82) is 0 Å². The maximum atomic E-state index is 14.4. The molecule has 1 aliphatic rings. The molecular formula is C24H16F4O3. The number of hydrogen-bond donors (Lipinski definition) is 0. The molecule has 0 bridgehead atoms. The van der Waals surface area contributed by atoms with E-state index < -0.39 is 24.2 Å². The second kappa shape index (κ2) is 8.26. The van der Waals surface area contributed by atoms with Gasteiger partial charge in [-0.25, -0.2) is 4.39 Å². The van der Waals surface area contributed by atoms with Gasteiger partial charge in [-0.05, 0) is 23.3 Å². The molecule has 0 amide bonds. The summed E-state index contributed by atoms with van der Waals surface area (Å²) in [6.45, 7) is -0.421. The largest absolute Gasteiger partial charge is 0.489 e. The summed E-state index contributed by atoms with van der Waals surface area (Å²) in [5.41, 5.74) is 0.591. The first kappa shape index (κ1) is 20.7. The van der Waals surface area contributed by atoms with E-state index in [1.807, 2.05) is 0 Å². The Kier molecular flexibility index (Phi) is 5.50. The van der Waals surface area contributed by atoms with Crippen molar-refractivity contribution >= 4 is 12.4 Å². The van der Waals surface area contributed by atoms with E-state index in [9.17, 15) is 22.4 Å². The lowest BCUT2D eigenvalue weighted by atomic mass is 9.99. The Morgan fingerprint density at radius 1 is 1.00 bits per heavy atom. The first-order valence-electron chi connectivity index (χ1n) is 9.35. The van der Waals surface area contributed by atoms with Gasteiger partial charge in [-0.3, -0.25) is 4.79 Å². The molecule has 0 N–H and O–H groups in total. The highest BCUT2D eigenvalue weighted by atomic mass is 19.4. The van der Waals surface area contributed by atoms with Crippen molar-refractivity contribution in [3.8, 4) is 22.6 Å². The van der Waals surface area contributed by atoms with Gasteiger partial charge in [-0.2, -0.15) is 13.2 Å². The summed E-state index contributed by atoms with van der Waals surface area (Å²) >= 11 is 0. The van der Waals surface area contributed by atoms with E-state index in [0.29, 0.717) is 17.4 Å². The molecule has 0 fully saturated rings. The quantitative estimate of drug-likeness (QED) is 0.366. The fourth-order valence-corrected chi connectivity index (χ4v) is 3.31. The lowest BCUT2D eigenvalue weighted by Crippen LogP contribution is -2.12. The molecule has 0 spiro atoms. The standard InChI is InChI=1S/C24H16F4O3/c25-22-10-19(11-23-20(22)8-15(12-29)13-31-23)30-14-18-7-6-17(9-21(18)24(26,27)28)16-4-2-1-3-5-16/h1-12H,13-14H2. The summed E-state index contributed by atoms with van der Waals surface area (Å²) in [5.74, 6) is -0.502. The smallest absolute Gasteiger partial charge is 0.416 e. The Morgan fingerprint density at radius 3 is 2.48 bits per heavy atom. The van der Waals surface area contributed by atoms with Gasteiger partial charge in [-0.15, -0.1) is 0 Å². The molecule has 0 atom stereocenters. The van der Waals surface area contributed by atoms with Crippen LogP contribution in [-0.2, 0) is 17.6 Å². The van der Waals surface area contributed by atoms with Gasteiger partial charge in [0.05, 0.1) is 11.1 Å². The van der Waals surface area contributed by atoms with E-state index in [2.05, 4.69) is 0 Å². The molecule has 0 saturated heterocycles. The SMILES string of the molecule is O=CC1=Cc2c(F)cc(OCc3ccc(-c4ccccc4)cc3C(F)(F)F)cc2OC1. The predicted octanol–water partition coefficient (Wildman–Crippen LogP) is 6.07. The Balaban J connectivity index is 1.61. The number of ether oxygens (including phenoxy) is 2. The highest BCUT2D eigenvalue weighted by molar-refractivity contribution is 5.84. The van der Waals surface area contributed by atoms with E-state index in [1.54, 1.807) is 36.4 Å². The van der Waals surface area contributed by atoms with Crippen molar-refractivity contribution in [3.63, 3.8) is 0 Å². The molecule has 1 aliphatic heterocycles. The van der Waals surface area contributed by atoms with Crippen molar-refractivity contribution in [2.24, 2.45) is 0 Å². The van der Waals surface area contributed by atoms with Gasteiger partial charge in [0, 0.05) is 23.3 Å². The van der Waals surface area contributed by atoms with Crippen LogP contribution in [0.15, 0.2) is 66.2 Å². The van der Waals surface area contributed by atoms with Crippen LogP contribution in [0.3, 0.4) is 0 Å². The second-order valence-electron chi connectivity index (χ2n) is 6.97. The van der Waals surface area contributed by atoms with Crippen molar-refractivity contribution in [1.82, 2.24) is 0 Å². The van der Waals surface area contributed by atoms with Crippen LogP contribution in [0.4, 0.5) is 17.6 Å². The highest BCUT2D eigenvalue weighted by Gasteiger charge is 2.34. The maximum absolute atomic E-state index is 14.4. The number of hydrogen-bond acceptors (Lipinski definition) is 3. The minimum Gasteiger partial charge on any atom is -0.489 e. The van der Waals surface area contributed by atoms with Gasteiger partial charge < -0.3 is 9.47 Å². The number of aldehydes is 1. The van der Waals surface area contributed by atoms with Gasteiger partial charge in [0.15, 0.2) is 0 Å². The van der Waals surface area contributed by atoms with Crippen LogP contribution in [0, 0.1) is 5.82 Å². The van der Waals surface area contributed by atoms with E-state index in [4.69, 9.17) is 9.47 Å². The molecule has 4 rings (SSSR count). The molecule has 158 valence electrons. The summed E-state index contributed by atoms with van der Waals surface area (Å²) in [5, 5.41) is 0. The maximum Gasteiger partial charge on any atom is 0.416 e. The van der Waals surface area contributed by atoms with Gasteiger partial charge in [0.1, 0.15) is 36.8 Å². The number of halogens is 4. The lowest BCUT2D eigenvalue weighted by Gasteiger charge is -2.18. The van der Waals surface area contributed by atoms with Crippen molar-refractivity contribution in [2.75, 3.05) is 6.61 Å². The number of benzene rings is 3. The molecule has 3 aromatic rings. The number of rotatable bonds is 5. The topological polar surface area (TPSA) is 35.5 Å². The number of alkyl halides is 3. The number of carbonyl (C=O) groups is 1. The Bertz CT molecular complexity index is 1150. The fraction of sp³-hybridized carbons (Fsp3) is 0.125. The van der Waals surface area contributed by atoms with Gasteiger partial charge in [-0.1, -0.05) is 42.5 Å². The van der Waals surface area contributed by atoms with Crippen LogP contribution in [0.5, 0.6) is 11.5 Å². The van der Waals surface area contributed by atoms with Crippen LogP contribution >= 0.6 is 0 Å². The van der Waals surface area contributed by atoms with E-state index >= 15 is 0 Å². The first-order chi connectivity index (χ1) is 14.8. The summed E-state index contributed by atoms with van der Waals surface area (Å²) < 4.78 is 66.2. The third-order valence-electron chi connectivity index (χ3n) is 4.86. The van der Waals surface area contributed by atoms with Crippen LogP contribution in [-0.4, -0.2) is 12.9 Å². The minimum absolute atomic E-state index is 0.0153. The van der Waals surface area contributed by atoms with Crippen LogP contribution < -0.4 is 9.47 Å². The van der Waals surface area contributed by atoms with Crippen LogP contribution in [0.2, 0.25) is 0 Å². The molecule has 7 heteroatoms. The molecule has 0 aliphatic carbocycles. The van der Waals surface area contributed by atoms with Crippen molar-refractivity contribution in [2.45, 2.75) is 12.8 Å². The Hall–Kier alpha value is -3.61. The predicted molar refractivity (Wildman–Crippen MR) is 107 cm³/mol. The van der Waals surface area contributed by atoms with Gasteiger partial charge in [0.2, 0.25) is 0 Å². The fourth-order valence-electron chi connectivity index (χ4n) is 3.31. The average Bonchev–Trinajstić information content (AvgIpc) is 2.77. The second-order valence-corrected chi connectivity index (χ2v) is 6.97. The molecule has 0 aromatic heterocycles. The van der Waals surface area contributed by atoms with Gasteiger partial charge >= 0.3 is 6.18 Å². The van der Waals surface area contributed by atoms with E-state index in [1.165, 1.54) is 18.2 Å². The minimum atomic E-state index is -4.58. The normalized spacial score (nSPS) is 13.1. The molecule has 31 heavy (non-hydrogen) atoms. The van der Waals surface area contributed by atoms with Crippen molar-refractivity contribution in [3.05, 3.63) is 88.7 Å². The van der Waals surface area contributed by atoms with Gasteiger partial charge in [0.25, 0.3) is 0 Å². The highest BCUT2D eigenvalue weighted by Crippen LogP contribution is 2.37. The summed E-state index contributed by atoms with van der Waals surface area (Å²) in [4.78, 5) is 10.8. The Labute approximate surface area is 175 Å². The molecule has 0 saturated carbocycles. The summed E-state index contributed by atoms with van der Waals surface area (Å²) in [7, 11) is 0. The zero-order chi connectivity index (χ0) is 22.0. The molecule has 0 radical (unpaired) electrons. The summed E-state index contributed by atoms with van der Waals surface area (Å²) in [6, 6.07) is 15.2. The van der Waals surface area contributed by atoms with E-state index in [0.717, 1.165) is 12.1 Å². The third kappa shape index (κ3) is 4.45. The third-order valence-corrected chi connectivity index (χ3v) is 4.86. The van der Waals surface area contributed by atoms with Crippen molar-refractivity contribution < 1.29 is 31.8 Å². The zero-order valence-corrected chi connectivity index (χ0v) is 16.1. The van der Waals surface area contributed by atoms with E-state index in [-0.39, 0.29) is 34.8 Å².